The van der Waals surface area contributed by atoms with Gasteiger partial charge < -0.3 is 10.2 Å². The summed E-state index contributed by atoms with van der Waals surface area (Å²) in [7, 11) is 0. The Balaban J connectivity index is 1.13. The summed E-state index contributed by atoms with van der Waals surface area (Å²) in [5.41, 5.74) is 4.36. The van der Waals surface area contributed by atoms with Gasteiger partial charge in [0.2, 0.25) is 5.91 Å². The van der Waals surface area contributed by atoms with Crippen molar-refractivity contribution >= 4 is 35.3 Å². The van der Waals surface area contributed by atoms with Crippen molar-refractivity contribution in [1.29, 1.82) is 0 Å². The molecular formula is C32H35N3O2S. The fourth-order valence-corrected chi connectivity index (χ4v) is 6.21. The van der Waals surface area contributed by atoms with Crippen LogP contribution < -0.4 is 10.2 Å². The molecule has 0 saturated carbocycles. The molecule has 3 aromatic carbocycles. The second-order valence-corrected chi connectivity index (χ2v) is 11.3. The van der Waals surface area contributed by atoms with Crippen LogP contribution in [0.3, 0.4) is 0 Å². The predicted molar refractivity (Wildman–Crippen MR) is 156 cm³/mol. The van der Waals surface area contributed by atoms with Crippen molar-refractivity contribution in [3.8, 4) is 0 Å². The minimum atomic E-state index is -0.134. The van der Waals surface area contributed by atoms with E-state index in [1.165, 1.54) is 35.7 Å². The van der Waals surface area contributed by atoms with Crippen molar-refractivity contribution in [2.24, 2.45) is 5.92 Å². The number of hydrogen-bond acceptors (Lipinski definition) is 4. The summed E-state index contributed by atoms with van der Waals surface area (Å²) >= 11 is 1.46. The number of piperidine rings is 1. The molecule has 0 atom stereocenters. The summed E-state index contributed by atoms with van der Waals surface area (Å²) in [5, 5.41) is 3.05. The number of fused-ring (bicyclic) bond motifs is 1. The fourth-order valence-electron chi connectivity index (χ4n) is 5.15. The first-order chi connectivity index (χ1) is 18.5. The highest BCUT2D eigenvalue weighted by atomic mass is 32.2. The van der Waals surface area contributed by atoms with E-state index in [1.54, 1.807) is 4.90 Å². The smallest absolute Gasteiger partial charge is 0.265 e. The Labute approximate surface area is 229 Å². The number of para-hydroxylation sites is 1. The summed E-state index contributed by atoms with van der Waals surface area (Å²) in [6, 6.07) is 26.6. The van der Waals surface area contributed by atoms with Crippen LogP contribution in [0.5, 0.6) is 0 Å². The van der Waals surface area contributed by atoms with E-state index in [-0.39, 0.29) is 18.4 Å². The zero-order valence-electron chi connectivity index (χ0n) is 21.9. The van der Waals surface area contributed by atoms with Gasteiger partial charge in [-0.05, 0) is 74.5 Å². The number of benzene rings is 3. The highest BCUT2D eigenvalue weighted by molar-refractivity contribution is 8.04. The number of amides is 2. The van der Waals surface area contributed by atoms with E-state index in [1.807, 2.05) is 61.5 Å². The molecule has 2 aliphatic rings. The van der Waals surface area contributed by atoms with Crippen molar-refractivity contribution in [2.75, 3.05) is 37.6 Å². The molecule has 1 fully saturated rings. The van der Waals surface area contributed by atoms with Crippen LogP contribution in [-0.4, -0.2) is 49.4 Å². The molecule has 0 radical (unpaired) electrons. The summed E-state index contributed by atoms with van der Waals surface area (Å²) in [5.74, 6) is 0.465. The minimum Gasteiger partial charge on any atom is -0.353 e. The number of rotatable bonds is 8. The van der Waals surface area contributed by atoms with E-state index in [0.29, 0.717) is 11.4 Å². The van der Waals surface area contributed by atoms with Gasteiger partial charge in [0.05, 0.1) is 10.6 Å². The van der Waals surface area contributed by atoms with Crippen molar-refractivity contribution in [3.05, 3.63) is 100 Å². The maximum Gasteiger partial charge on any atom is 0.265 e. The maximum atomic E-state index is 13.4. The van der Waals surface area contributed by atoms with Crippen molar-refractivity contribution in [1.82, 2.24) is 10.2 Å². The van der Waals surface area contributed by atoms with E-state index in [0.717, 1.165) is 48.1 Å². The van der Waals surface area contributed by atoms with Gasteiger partial charge in [-0.25, -0.2) is 0 Å². The van der Waals surface area contributed by atoms with Gasteiger partial charge in [0, 0.05) is 18.0 Å². The molecule has 0 bridgehead atoms. The number of carbonyl (C=O) groups excluding carboxylic acids is 2. The molecule has 0 spiro atoms. The number of anilines is 1. The number of nitrogens with one attached hydrogen (secondary N) is 1. The maximum absolute atomic E-state index is 13.4. The Morgan fingerprint density at radius 3 is 2.45 bits per heavy atom. The predicted octanol–water partition coefficient (Wildman–Crippen LogP) is 5.55. The second-order valence-electron chi connectivity index (χ2n) is 10.2. The number of likely N-dealkylation sites (tertiary alicyclic amines) is 1. The molecule has 2 amide bonds. The third-order valence-corrected chi connectivity index (χ3v) is 8.41. The van der Waals surface area contributed by atoms with E-state index in [9.17, 15) is 9.59 Å². The molecule has 0 aromatic heterocycles. The van der Waals surface area contributed by atoms with Crippen LogP contribution in [0.4, 0.5) is 5.69 Å². The molecule has 0 unspecified atom stereocenters. The van der Waals surface area contributed by atoms with E-state index < -0.39 is 0 Å². The fraction of sp³-hybridized carbons (Fsp3) is 0.312. The molecule has 2 heterocycles. The summed E-state index contributed by atoms with van der Waals surface area (Å²) < 4.78 is 0. The third-order valence-electron chi connectivity index (χ3n) is 7.33. The molecule has 0 aliphatic carbocycles. The standard InChI is InChI=1S/C32H35N3O2S/c1-24-11-13-26(14-12-24)22-30-32(37)35(28-9-5-6-10-29(28)38-30)23-31(36)33-17-20-34-18-15-27(16-19-34)21-25-7-3-2-4-8-25/h2-14,22,27H,15-21,23H2,1H3,(H,33,36)/b30-22-. The Kier molecular flexibility index (Phi) is 8.61. The van der Waals surface area contributed by atoms with Gasteiger partial charge in [-0.15, -0.1) is 0 Å². The van der Waals surface area contributed by atoms with Gasteiger partial charge in [0.1, 0.15) is 6.54 Å². The van der Waals surface area contributed by atoms with Crippen LogP contribution in [0.2, 0.25) is 0 Å². The molecule has 5 nitrogen and oxygen atoms in total. The first-order valence-corrected chi connectivity index (χ1v) is 14.3. The average molecular weight is 526 g/mol. The molecule has 1 saturated heterocycles. The first kappa shape index (κ1) is 26.3. The number of carbonyl (C=O) groups is 2. The van der Waals surface area contributed by atoms with Crippen molar-refractivity contribution in [3.63, 3.8) is 0 Å². The van der Waals surface area contributed by atoms with Gasteiger partial charge >= 0.3 is 0 Å². The van der Waals surface area contributed by atoms with E-state index >= 15 is 0 Å². The lowest BCUT2D eigenvalue weighted by Crippen LogP contribution is -2.45. The average Bonchev–Trinajstić information content (AvgIpc) is 2.94. The summed E-state index contributed by atoms with van der Waals surface area (Å²) in [6.07, 6.45) is 5.44. The Morgan fingerprint density at radius 1 is 0.974 bits per heavy atom. The minimum absolute atomic E-state index is 0.0147. The highest BCUT2D eigenvalue weighted by Crippen LogP contribution is 2.41. The van der Waals surface area contributed by atoms with Crippen LogP contribution in [0.15, 0.2) is 88.7 Å². The van der Waals surface area contributed by atoms with Gasteiger partial charge in [0.25, 0.3) is 5.91 Å². The number of thioether (sulfide) groups is 1. The molecule has 5 rings (SSSR count). The van der Waals surface area contributed by atoms with Crippen molar-refractivity contribution in [2.45, 2.75) is 31.1 Å². The highest BCUT2D eigenvalue weighted by Gasteiger charge is 2.30. The van der Waals surface area contributed by atoms with Crippen molar-refractivity contribution < 1.29 is 9.59 Å². The van der Waals surface area contributed by atoms with Crippen LogP contribution in [0.1, 0.15) is 29.5 Å². The summed E-state index contributed by atoms with van der Waals surface area (Å²) in [6.45, 7) is 5.61. The Morgan fingerprint density at radius 2 is 1.68 bits per heavy atom. The molecule has 38 heavy (non-hydrogen) atoms. The normalized spacial score (nSPS) is 17.4. The van der Waals surface area contributed by atoms with Gasteiger partial charge in [-0.1, -0.05) is 84.1 Å². The Bertz CT molecular complexity index is 1280. The third kappa shape index (κ3) is 6.74. The van der Waals surface area contributed by atoms with Crippen LogP contribution in [0, 0.1) is 12.8 Å². The topological polar surface area (TPSA) is 52.7 Å². The molecule has 196 valence electrons. The van der Waals surface area contributed by atoms with Crippen LogP contribution >= 0.6 is 11.8 Å². The lowest BCUT2D eigenvalue weighted by Gasteiger charge is -2.32. The zero-order valence-corrected chi connectivity index (χ0v) is 22.8. The van der Waals surface area contributed by atoms with Gasteiger partial charge in [-0.3, -0.25) is 14.5 Å². The monoisotopic (exact) mass is 525 g/mol. The molecule has 1 N–H and O–H groups in total. The SMILES string of the molecule is Cc1ccc(/C=C2\Sc3ccccc3N(CC(=O)NCCN3CCC(Cc4ccccc4)CC3)C2=O)cc1. The molecule has 2 aliphatic heterocycles. The zero-order chi connectivity index (χ0) is 26.3. The van der Waals surface area contributed by atoms with E-state index in [2.05, 4.69) is 40.5 Å². The Hall–Kier alpha value is -3.35. The number of aryl methyl sites for hydroxylation is 1. The van der Waals surface area contributed by atoms with E-state index in [4.69, 9.17) is 0 Å². The molecule has 6 heteroatoms. The lowest BCUT2D eigenvalue weighted by atomic mass is 9.90. The second kappa shape index (κ2) is 12.5. The quantitative estimate of drug-likeness (QED) is 0.392. The van der Waals surface area contributed by atoms with Gasteiger partial charge in [-0.2, -0.15) is 0 Å². The number of hydrogen-bond donors (Lipinski definition) is 1. The lowest BCUT2D eigenvalue weighted by molar-refractivity contribution is -0.122. The molecule has 3 aromatic rings. The molecular weight excluding hydrogens is 490 g/mol. The number of nitrogens with zero attached hydrogens (tertiary/aromatic N) is 2. The first-order valence-electron chi connectivity index (χ1n) is 13.5. The van der Waals surface area contributed by atoms with Gasteiger partial charge in [0.15, 0.2) is 0 Å². The van der Waals surface area contributed by atoms with Crippen LogP contribution in [-0.2, 0) is 16.0 Å². The summed E-state index contributed by atoms with van der Waals surface area (Å²) in [4.78, 5) is 32.0. The largest absolute Gasteiger partial charge is 0.353 e. The van der Waals surface area contributed by atoms with Crippen LogP contribution in [0.25, 0.3) is 6.08 Å².